The maximum Gasteiger partial charge on any atom is 0.319 e. The zero-order chi connectivity index (χ0) is 22.4. The number of hydrogen-bond donors (Lipinski definition) is 2. The van der Waals surface area contributed by atoms with Crippen LogP contribution in [0.3, 0.4) is 0 Å². The quantitative estimate of drug-likeness (QED) is 0.619. The van der Waals surface area contributed by atoms with Gasteiger partial charge in [-0.3, -0.25) is 0 Å². The Hall–Kier alpha value is -2.97. The monoisotopic (exact) mass is 445 g/mol. The molecule has 3 fully saturated rings. The highest BCUT2D eigenvalue weighted by Crippen LogP contribution is 2.33. The Morgan fingerprint density at radius 3 is 2.64 bits per heavy atom. The molecule has 3 N–H and O–H groups in total. The van der Waals surface area contributed by atoms with Crippen LogP contribution < -0.4 is 20.7 Å². The maximum atomic E-state index is 6.20. The number of nitrogens with two attached hydrogens (primary N) is 1. The third-order valence-electron chi connectivity index (χ3n) is 7.36. The van der Waals surface area contributed by atoms with E-state index < -0.39 is 0 Å². The number of nitrogens with one attached hydrogen (secondary N) is 1. The molecule has 3 aliphatic heterocycles. The van der Waals surface area contributed by atoms with Crippen molar-refractivity contribution >= 4 is 22.5 Å². The van der Waals surface area contributed by atoms with Crippen molar-refractivity contribution in [1.29, 1.82) is 0 Å². The predicted octanol–water partition coefficient (Wildman–Crippen LogP) is 2.69. The van der Waals surface area contributed by atoms with Gasteiger partial charge in [-0.05, 0) is 74.7 Å². The Balaban J connectivity index is 1.38. The van der Waals surface area contributed by atoms with E-state index in [4.69, 9.17) is 20.4 Å². The fourth-order valence-corrected chi connectivity index (χ4v) is 5.54. The first kappa shape index (κ1) is 20.6. The van der Waals surface area contributed by atoms with Crippen LogP contribution in [0.2, 0.25) is 0 Å². The number of aromatic nitrogens is 3. The van der Waals surface area contributed by atoms with Crippen LogP contribution in [-0.4, -0.2) is 71.3 Å². The number of nitrogen functional groups attached to an aromatic ring is 1. The van der Waals surface area contributed by atoms with E-state index in [1.54, 1.807) is 6.20 Å². The van der Waals surface area contributed by atoms with Crippen LogP contribution in [0.15, 0.2) is 36.5 Å². The van der Waals surface area contributed by atoms with Gasteiger partial charge in [-0.1, -0.05) is 6.07 Å². The number of pyridine rings is 1. The summed E-state index contributed by atoms with van der Waals surface area (Å²) in [6.45, 7) is 3.68. The predicted molar refractivity (Wildman–Crippen MR) is 130 cm³/mol. The molecule has 0 aliphatic carbocycles. The Morgan fingerprint density at radius 1 is 1.06 bits per heavy atom. The summed E-state index contributed by atoms with van der Waals surface area (Å²) < 4.78 is 6.20. The highest BCUT2D eigenvalue weighted by atomic mass is 16.5. The molecule has 3 aromatic rings. The molecule has 1 aromatic carbocycles. The third-order valence-corrected chi connectivity index (χ3v) is 7.36. The largest absolute Gasteiger partial charge is 0.462 e. The smallest absolute Gasteiger partial charge is 0.319 e. The lowest BCUT2D eigenvalue weighted by atomic mass is 10.0. The van der Waals surface area contributed by atoms with Gasteiger partial charge in [0, 0.05) is 42.8 Å². The summed E-state index contributed by atoms with van der Waals surface area (Å²) in [6, 6.07) is 12.2. The topological polar surface area (TPSA) is 92.4 Å². The summed E-state index contributed by atoms with van der Waals surface area (Å²) >= 11 is 0. The third kappa shape index (κ3) is 4.09. The van der Waals surface area contributed by atoms with Gasteiger partial charge >= 0.3 is 6.01 Å². The van der Waals surface area contributed by atoms with E-state index >= 15 is 0 Å². The van der Waals surface area contributed by atoms with E-state index in [0.717, 1.165) is 53.9 Å². The van der Waals surface area contributed by atoms with Crippen LogP contribution in [0.4, 0.5) is 11.6 Å². The average molecular weight is 446 g/mol. The van der Waals surface area contributed by atoms with E-state index in [9.17, 15) is 0 Å². The fourth-order valence-electron chi connectivity index (χ4n) is 5.54. The molecular weight excluding hydrogens is 414 g/mol. The number of nitrogens with zero attached hydrogens (tertiary/aromatic N) is 5. The lowest BCUT2D eigenvalue weighted by Gasteiger charge is -2.34. The van der Waals surface area contributed by atoms with Crippen LogP contribution in [0.25, 0.3) is 22.0 Å². The Kier molecular flexibility index (Phi) is 5.27. The molecule has 0 unspecified atom stereocenters. The van der Waals surface area contributed by atoms with E-state index in [0.29, 0.717) is 36.6 Å². The van der Waals surface area contributed by atoms with Crippen molar-refractivity contribution in [2.24, 2.45) is 0 Å². The first-order chi connectivity index (χ1) is 16.1. The molecule has 2 bridgehead atoms. The Labute approximate surface area is 194 Å². The summed E-state index contributed by atoms with van der Waals surface area (Å²) in [5.41, 5.74) is 8.91. The van der Waals surface area contributed by atoms with Crippen LogP contribution in [0.5, 0.6) is 6.01 Å². The Morgan fingerprint density at radius 2 is 1.88 bits per heavy atom. The second kappa shape index (κ2) is 8.43. The van der Waals surface area contributed by atoms with E-state index in [1.165, 1.54) is 19.3 Å². The van der Waals surface area contributed by atoms with Crippen molar-refractivity contribution in [3.8, 4) is 17.1 Å². The molecule has 0 radical (unpaired) electrons. The summed E-state index contributed by atoms with van der Waals surface area (Å²) in [5, 5.41) is 4.78. The minimum absolute atomic E-state index is 0.425. The van der Waals surface area contributed by atoms with Crippen molar-refractivity contribution in [3.63, 3.8) is 0 Å². The van der Waals surface area contributed by atoms with E-state index in [1.807, 2.05) is 12.1 Å². The van der Waals surface area contributed by atoms with Gasteiger partial charge in [-0.15, -0.1) is 0 Å². The van der Waals surface area contributed by atoms with Gasteiger partial charge in [0.1, 0.15) is 18.2 Å². The average Bonchev–Trinajstić information content (AvgIpc) is 3.40. The van der Waals surface area contributed by atoms with Crippen molar-refractivity contribution in [1.82, 2.24) is 25.2 Å². The highest BCUT2D eigenvalue weighted by molar-refractivity contribution is 5.93. The summed E-state index contributed by atoms with van der Waals surface area (Å²) in [6.07, 6.45) is 6.58. The van der Waals surface area contributed by atoms with Gasteiger partial charge < -0.3 is 25.6 Å². The molecule has 33 heavy (non-hydrogen) atoms. The van der Waals surface area contributed by atoms with Gasteiger partial charge in [0.2, 0.25) is 0 Å². The number of rotatable bonds is 5. The number of benzene rings is 1. The van der Waals surface area contributed by atoms with Crippen molar-refractivity contribution in [2.75, 3.05) is 43.9 Å². The first-order valence-corrected chi connectivity index (χ1v) is 12.0. The van der Waals surface area contributed by atoms with Gasteiger partial charge in [0.05, 0.1) is 5.52 Å². The van der Waals surface area contributed by atoms with E-state index in [2.05, 4.69) is 45.3 Å². The summed E-state index contributed by atoms with van der Waals surface area (Å²) in [5.74, 6) is 1.49. The molecule has 2 aromatic heterocycles. The number of ether oxygens (including phenoxy) is 1. The van der Waals surface area contributed by atoms with Crippen molar-refractivity contribution in [3.05, 3.63) is 36.5 Å². The number of fused-ring (bicyclic) bond motifs is 3. The van der Waals surface area contributed by atoms with Crippen LogP contribution in [0, 0.1) is 0 Å². The van der Waals surface area contributed by atoms with Crippen LogP contribution >= 0.6 is 0 Å². The molecule has 8 nitrogen and oxygen atoms in total. The number of hydrogen-bond acceptors (Lipinski definition) is 8. The maximum absolute atomic E-state index is 6.20. The molecule has 172 valence electrons. The minimum Gasteiger partial charge on any atom is -0.462 e. The molecule has 3 aliphatic rings. The fraction of sp³-hybridized carbons (Fsp3) is 0.480. The minimum atomic E-state index is 0.425. The Bertz CT molecular complexity index is 1160. The standard InChI is InChI=1S/C25H31N7O/c1-31-10-2-3-20(31)15-33-25-29-22-11-16(17-8-9-27-23(26)12-17)4-7-21(22)24(30-25)32-13-18-5-6-19(14-32)28-18/h4,7-9,11-12,18-20,28H,2-3,5-6,10,13-15H2,1H3,(H2,26,27)/t18-,19+,20-/m0/s1. The van der Waals surface area contributed by atoms with Crippen molar-refractivity contribution < 1.29 is 4.74 Å². The number of piperazine rings is 1. The molecule has 6 rings (SSSR count). The normalized spacial score (nSPS) is 25.1. The molecule has 3 atom stereocenters. The van der Waals surface area contributed by atoms with Crippen LogP contribution in [0.1, 0.15) is 25.7 Å². The van der Waals surface area contributed by atoms with Gasteiger partial charge in [0.15, 0.2) is 0 Å². The summed E-state index contributed by atoms with van der Waals surface area (Å²) in [4.78, 5) is 18.7. The van der Waals surface area contributed by atoms with Crippen LogP contribution in [-0.2, 0) is 0 Å². The molecule has 5 heterocycles. The molecule has 0 spiro atoms. The van der Waals surface area contributed by atoms with Gasteiger partial charge in [-0.2, -0.15) is 9.97 Å². The SMILES string of the molecule is CN1CCC[C@H]1COc1nc(N2C[C@H]3CC[C@@H](C2)N3)c2ccc(-c3ccnc(N)c3)cc2n1. The molecule has 0 amide bonds. The zero-order valence-corrected chi connectivity index (χ0v) is 19.1. The molecule has 8 heteroatoms. The summed E-state index contributed by atoms with van der Waals surface area (Å²) in [7, 11) is 2.16. The van der Waals surface area contributed by atoms with Crippen molar-refractivity contribution in [2.45, 2.75) is 43.8 Å². The lowest BCUT2D eigenvalue weighted by molar-refractivity contribution is 0.188. The second-order valence-corrected chi connectivity index (χ2v) is 9.66. The van der Waals surface area contributed by atoms with Gasteiger partial charge in [0.25, 0.3) is 0 Å². The second-order valence-electron chi connectivity index (χ2n) is 9.66. The number of anilines is 2. The zero-order valence-electron chi connectivity index (χ0n) is 19.1. The lowest BCUT2D eigenvalue weighted by Crippen LogP contribution is -2.51. The number of likely N-dealkylation sites (tertiary alicyclic amines) is 1. The molecular formula is C25H31N7O. The molecule has 0 saturated carbocycles. The van der Waals surface area contributed by atoms with Gasteiger partial charge in [-0.25, -0.2) is 4.98 Å². The van der Waals surface area contributed by atoms with E-state index in [-0.39, 0.29) is 0 Å². The highest BCUT2D eigenvalue weighted by Gasteiger charge is 2.33. The number of likely N-dealkylation sites (N-methyl/N-ethyl adjacent to an activating group) is 1. The molecule has 3 saturated heterocycles. The first-order valence-electron chi connectivity index (χ1n) is 12.0.